The largest absolute Gasteiger partial charge is 0.269 e. The molecule has 0 unspecified atom stereocenters. The van der Waals surface area contributed by atoms with Gasteiger partial charge in [0.2, 0.25) is 0 Å². The van der Waals surface area contributed by atoms with Crippen LogP contribution >= 0.6 is 0 Å². The van der Waals surface area contributed by atoms with Crippen LogP contribution in [0.4, 0.5) is 11.4 Å². The lowest BCUT2D eigenvalue weighted by Gasteiger charge is -2.20. The summed E-state index contributed by atoms with van der Waals surface area (Å²) in [4.78, 5) is 50.6. The number of amides is 4. The van der Waals surface area contributed by atoms with Gasteiger partial charge >= 0.3 is 0 Å². The lowest BCUT2D eigenvalue weighted by molar-refractivity contribution is -0.121. The van der Waals surface area contributed by atoms with Crippen LogP contribution in [-0.2, 0) is 38.4 Å². The van der Waals surface area contributed by atoms with E-state index in [0.717, 1.165) is 22.3 Å². The maximum absolute atomic E-state index is 12.0. The third-order valence-electron chi connectivity index (χ3n) is 5.56. The van der Waals surface area contributed by atoms with E-state index in [4.69, 9.17) is 0 Å². The van der Waals surface area contributed by atoms with Gasteiger partial charge in [-0.05, 0) is 53.6 Å². The number of nitrogens with zero attached hydrogens (tertiary/aromatic N) is 2. The molecule has 156 valence electrons. The van der Waals surface area contributed by atoms with Gasteiger partial charge in [0.05, 0.1) is 11.4 Å². The minimum atomic E-state index is -0.323. The van der Waals surface area contributed by atoms with Crippen molar-refractivity contribution in [3.8, 4) is 0 Å². The minimum absolute atomic E-state index is 0.323. The molecule has 2 aliphatic rings. The first-order valence-electron chi connectivity index (χ1n) is 10.3. The second kappa shape index (κ2) is 8.14. The highest BCUT2D eigenvalue weighted by molar-refractivity contribution is 6.29. The van der Waals surface area contributed by atoms with Crippen LogP contribution in [0.1, 0.15) is 36.1 Å². The van der Waals surface area contributed by atoms with Crippen molar-refractivity contribution in [2.75, 3.05) is 9.80 Å². The highest BCUT2D eigenvalue weighted by Gasteiger charge is 2.28. The zero-order valence-electron chi connectivity index (χ0n) is 17.4. The molecule has 0 spiro atoms. The van der Waals surface area contributed by atoms with Crippen LogP contribution in [0.5, 0.6) is 0 Å². The third kappa shape index (κ3) is 3.72. The van der Waals surface area contributed by atoms with Crippen molar-refractivity contribution in [2.45, 2.75) is 33.1 Å². The number of aryl methyl sites for hydroxylation is 2. The summed E-state index contributed by atoms with van der Waals surface area (Å²) in [5.41, 5.74) is 5.20. The average Bonchev–Trinajstić information content (AvgIpc) is 3.28. The number of imide groups is 2. The first-order valence-corrected chi connectivity index (χ1v) is 10.3. The highest BCUT2D eigenvalue weighted by Crippen LogP contribution is 2.29. The molecule has 0 bridgehead atoms. The molecular weight excluding hydrogens is 392 g/mol. The molecule has 0 radical (unpaired) electrons. The Bertz CT molecular complexity index is 1050. The van der Waals surface area contributed by atoms with Crippen LogP contribution < -0.4 is 9.80 Å². The summed E-state index contributed by atoms with van der Waals surface area (Å²) in [7, 11) is 0. The molecular formula is C25H22N2O4. The van der Waals surface area contributed by atoms with Crippen molar-refractivity contribution in [3.63, 3.8) is 0 Å². The van der Waals surface area contributed by atoms with E-state index >= 15 is 0 Å². The summed E-state index contributed by atoms with van der Waals surface area (Å²) < 4.78 is 0. The van der Waals surface area contributed by atoms with E-state index in [1.807, 2.05) is 50.2 Å². The summed E-state index contributed by atoms with van der Waals surface area (Å²) in [5, 5.41) is 0. The van der Waals surface area contributed by atoms with Gasteiger partial charge < -0.3 is 0 Å². The molecule has 2 aromatic rings. The van der Waals surface area contributed by atoms with Crippen molar-refractivity contribution >= 4 is 35.0 Å². The molecule has 4 rings (SSSR count). The van der Waals surface area contributed by atoms with E-state index in [2.05, 4.69) is 0 Å². The lowest BCUT2D eigenvalue weighted by atomic mass is 9.97. The van der Waals surface area contributed by atoms with Gasteiger partial charge in [-0.25, -0.2) is 9.80 Å². The highest BCUT2D eigenvalue weighted by atomic mass is 16.2. The van der Waals surface area contributed by atoms with Gasteiger partial charge in [-0.2, -0.15) is 0 Å². The predicted molar refractivity (Wildman–Crippen MR) is 118 cm³/mol. The topological polar surface area (TPSA) is 74.8 Å². The first kappa shape index (κ1) is 20.5. The number of carbonyl (C=O) groups is 4. The number of rotatable bonds is 6. The summed E-state index contributed by atoms with van der Waals surface area (Å²) in [6, 6.07) is 11.5. The van der Waals surface area contributed by atoms with E-state index < -0.39 is 0 Å². The van der Waals surface area contributed by atoms with Gasteiger partial charge in [-0.3, -0.25) is 19.2 Å². The third-order valence-corrected chi connectivity index (χ3v) is 5.56. The van der Waals surface area contributed by atoms with E-state index in [-0.39, 0.29) is 23.6 Å². The molecule has 0 saturated heterocycles. The molecule has 0 atom stereocenters. The normalized spacial score (nSPS) is 15.7. The summed E-state index contributed by atoms with van der Waals surface area (Å²) >= 11 is 0. The summed E-state index contributed by atoms with van der Waals surface area (Å²) in [6.45, 7) is 3.98. The van der Waals surface area contributed by atoms with Gasteiger partial charge in [-0.15, -0.1) is 0 Å². The van der Waals surface area contributed by atoms with Gasteiger partial charge in [0.25, 0.3) is 23.6 Å². The lowest BCUT2D eigenvalue weighted by Crippen LogP contribution is -2.30. The first-order chi connectivity index (χ1) is 14.9. The number of hydrogen-bond acceptors (Lipinski definition) is 4. The Morgan fingerprint density at radius 1 is 0.581 bits per heavy atom. The molecule has 4 amide bonds. The Morgan fingerprint density at radius 3 is 1.26 bits per heavy atom. The molecule has 6 nitrogen and oxygen atoms in total. The molecule has 0 aliphatic carbocycles. The molecule has 0 saturated carbocycles. The number of hydrogen-bond donors (Lipinski definition) is 0. The zero-order chi connectivity index (χ0) is 22.1. The van der Waals surface area contributed by atoms with Crippen LogP contribution in [0.15, 0.2) is 60.7 Å². The zero-order valence-corrected chi connectivity index (χ0v) is 17.4. The van der Waals surface area contributed by atoms with Crippen LogP contribution in [-0.4, -0.2) is 23.6 Å². The Balaban J connectivity index is 1.61. The molecule has 6 heteroatoms. The van der Waals surface area contributed by atoms with Gasteiger partial charge in [0, 0.05) is 24.3 Å². The van der Waals surface area contributed by atoms with E-state index in [1.54, 1.807) is 0 Å². The van der Waals surface area contributed by atoms with E-state index in [9.17, 15) is 19.2 Å². The van der Waals surface area contributed by atoms with Crippen molar-refractivity contribution in [3.05, 3.63) is 83.0 Å². The van der Waals surface area contributed by atoms with Crippen LogP contribution in [0.2, 0.25) is 0 Å². The van der Waals surface area contributed by atoms with Crippen molar-refractivity contribution in [2.24, 2.45) is 0 Å². The predicted octanol–water partition coefficient (Wildman–Crippen LogP) is 3.26. The second-order valence-corrected chi connectivity index (χ2v) is 7.50. The molecule has 2 heterocycles. The fourth-order valence-corrected chi connectivity index (χ4v) is 4.01. The van der Waals surface area contributed by atoms with Crippen molar-refractivity contribution in [1.82, 2.24) is 0 Å². The fourth-order valence-electron chi connectivity index (χ4n) is 4.01. The van der Waals surface area contributed by atoms with Crippen LogP contribution in [0.3, 0.4) is 0 Å². The van der Waals surface area contributed by atoms with Gasteiger partial charge in [0.1, 0.15) is 0 Å². The van der Waals surface area contributed by atoms with Crippen LogP contribution in [0, 0.1) is 0 Å². The Kier molecular flexibility index (Phi) is 5.38. The SMILES string of the molecule is CCc1cc(Cc2ccc(N3C(=O)C=CC3=O)c(CC)c2)ccc1N1C(=O)C=CC1=O. The van der Waals surface area contributed by atoms with Crippen molar-refractivity contribution in [1.29, 1.82) is 0 Å². The molecule has 0 aromatic heterocycles. The van der Waals surface area contributed by atoms with Crippen LogP contribution in [0.25, 0.3) is 0 Å². The number of benzene rings is 2. The van der Waals surface area contributed by atoms with E-state index in [1.165, 1.54) is 34.1 Å². The average molecular weight is 414 g/mol. The standard InChI is InChI=1S/C25H22N2O4/c1-3-18-14-16(5-7-20(18)26-22(28)9-10-23(26)29)13-17-6-8-21(19(4-2)15-17)27-24(30)11-12-25(27)31/h5-12,14-15H,3-4,13H2,1-2H3. The van der Waals surface area contributed by atoms with Gasteiger partial charge in [-0.1, -0.05) is 38.1 Å². The maximum Gasteiger partial charge on any atom is 0.258 e. The van der Waals surface area contributed by atoms with E-state index in [0.29, 0.717) is 30.6 Å². The Hall–Kier alpha value is -3.80. The second-order valence-electron chi connectivity index (χ2n) is 7.50. The molecule has 0 N–H and O–H groups in total. The molecule has 2 aromatic carbocycles. The monoisotopic (exact) mass is 414 g/mol. The smallest absolute Gasteiger partial charge is 0.258 e. The summed E-state index contributed by atoms with van der Waals surface area (Å²) in [6.07, 6.45) is 7.17. The Morgan fingerprint density at radius 2 is 0.935 bits per heavy atom. The van der Waals surface area contributed by atoms with Gasteiger partial charge in [0.15, 0.2) is 0 Å². The number of anilines is 2. The van der Waals surface area contributed by atoms with Crippen molar-refractivity contribution < 1.29 is 19.2 Å². The minimum Gasteiger partial charge on any atom is -0.269 e. The molecule has 0 fully saturated rings. The fraction of sp³-hybridized carbons (Fsp3) is 0.200. The quantitative estimate of drug-likeness (QED) is 0.680. The molecule has 31 heavy (non-hydrogen) atoms. The summed E-state index contributed by atoms with van der Waals surface area (Å²) in [5.74, 6) is -1.29. The number of carbonyl (C=O) groups excluding carboxylic acids is 4. The maximum atomic E-state index is 12.0. The Labute approximate surface area is 180 Å². The molecule has 2 aliphatic heterocycles.